The van der Waals surface area contributed by atoms with Gasteiger partial charge in [-0.2, -0.15) is 0 Å². The minimum absolute atomic E-state index is 0.0537. The van der Waals surface area contributed by atoms with Gasteiger partial charge in [0.2, 0.25) is 5.91 Å². The number of hydrogen-bond donors (Lipinski definition) is 2. The number of piperazine rings is 1. The summed E-state index contributed by atoms with van der Waals surface area (Å²) in [5, 5.41) is 12.3. The molecule has 1 aliphatic carbocycles. The zero-order valence-electron chi connectivity index (χ0n) is 14.1. The molecule has 1 saturated heterocycles. The SMILES string of the molecule is CCCN1CCN(c2ccc(NC(=O)C3CC3)c(C(=O)O)c2)CC1. The molecule has 2 aliphatic rings. The van der Waals surface area contributed by atoms with E-state index < -0.39 is 5.97 Å². The zero-order valence-corrected chi connectivity index (χ0v) is 14.1. The number of nitrogens with zero attached hydrogens (tertiary/aromatic N) is 2. The van der Waals surface area contributed by atoms with Crippen molar-refractivity contribution in [2.45, 2.75) is 26.2 Å². The second-order valence-electron chi connectivity index (χ2n) is 6.63. The number of benzene rings is 1. The normalized spacial score (nSPS) is 18.5. The maximum absolute atomic E-state index is 11.9. The molecule has 24 heavy (non-hydrogen) atoms. The maximum Gasteiger partial charge on any atom is 0.337 e. The molecular formula is C18H25N3O3. The monoisotopic (exact) mass is 331 g/mol. The molecule has 1 heterocycles. The van der Waals surface area contributed by atoms with Crippen LogP contribution in [0.3, 0.4) is 0 Å². The molecule has 1 aromatic carbocycles. The van der Waals surface area contributed by atoms with Crippen molar-refractivity contribution in [1.82, 2.24) is 4.90 Å². The molecule has 1 amide bonds. The molecule has 0 radical (unpaired) electrons. The van der Waals surface area contributed by atoms with Crippen LogP contribution in [-0.4, -0.2) is 54.6 Å². The van der Waals surface area contributed by atoms with Gasteiger partial charge in [0.1, 0.15) is 0 Å². The molecule has 2 N–H and O–H groups in total. The summed E-state index contributed by atoms with van der Waals surface area (Å²) in [5.41, 5.74) is 1.47. The van der Waals surface area contributed by atoms with Crippen LogP contribution in [0.2, 0.25) is 0 Å². The molecule has 6 heteroatoms. The highest BCUT2D eigenvalue weighted by Crippen LogP contribution is 2.31. The van der Waals surface area contributed by atoms with E-state index in [4.69, 9.17) is 0 Å². The molecule has 3 rings (SSSR count). The summed E-state index contributed by atoms with van der Waals surface area (Å²) < 4.78 is 0. The Morgan fingerprint density at radius 1 is 1.21 bits per heavy atom. The van der Waals surface area contributed by atoms with Gasteiger partial charge in [0.05, 0.1) is 11.3 Å². The molecule has 1 saturated carbocycles. The fraction of sp³-hybridized carbons (Fsp3) is 0.556. The van der Waals surface area contributed by atoms with Gasteiger partial charge in [-0.1, -0.05) is 6.92 Å². The topological polar surface area (TPSA) is 72.9 Å². The van der Waals surface area contributed by atoms with Gasteiger partial charge in [0, 0.05) is 37.8 Å². The van der Waals surface area contributed by atoms with Crippen molar-refractivity contribution in [3.63, 3.8) is 0 Å². The number of rotatable bonds is 6. The number of aromatic carboxylic acids is 1. The van der Waals surface area contributed by atoms with Crippen molar-refractivity contribution in [2.75, 3.05) is 42.9 Å². The Bertz CT molecular complexity index is 620. The maximum atomic E-state index is 11.9. The second kappa shape index (κ2) is 7.21. The van der Waals surface area contributed by atoms with E-state index in [2.05, 4.69) is 22.0 Å². The number of carbonyl (C=O) groups excluding carboxylic acids is 1. The molecule has 0 spiro atoms. The summed E-state index contributed by atoms with van der Waals surface area (Å²) in [6.07, 6.45) is 2.95. The molecule has 0 aromatic heterocycles. The third kappa shape index (κ3) is 3.87. The first-order chi connectivity index (χ1) is 11.6. The average molecular weight is 331 g/mol. The molecule has 130 valence electrons. The Morgan fingerprint density at radius 3 is 2.50 bits per heavy atom. The van der Waals surface area contributed by atoms with Gasteiger partial charge in [-0.05, 0) is 44.0 Å². The number of anilines is 2. The molecule has 0 atom stereocenters. The Balaban J connectivity index is 1.72. The van der Waals surface area contributed by atoms with Crippen LogP contribution >= 0.6 is 0 Å². The van der Waals surface area contributed by atoms with Gasteiger partial charge in [0.25, 0.3) is 0 Å². The van der Waals surface area contributed by atoms with Gasteiger partial charge in [-0.3, -0.25) is 9.69 Å². The lowest BCUT2D eigenvalue weighted by molar-refractivity contribution is -0.117. The van der Waals surface area contributed by atoms with Crippen LogP contribution < -0.4 is 10.2 Å². The number of carboxylic acids is 1. The number of hydrogen-bond acceptors (Lipinski definition) is 4. The van der Waals surface area contributed by atoms with E-state index in [0.29, 0.717) is 5.69 Å². The van der Waals surface area contributed by atoms with E-state index in [1.165, 1.54) is 0 Å². The number of carboxylic acid groups (broad SMARTS) is 1. The van der Waals surface area contributed by atoms with E-state index in [9.17, 15) is 14.7 Å². The third-order valence-corrected chi connectivity index (χ3v) is 4.72. The average Bonchev–Trinajstić information content (AvgIpc) is 3.41. The molecular weight excluding hydrogens is 306 g/mol. The van der Waals surface area contributed by atoms with E-state index in [0.717, 1.165) is 57.7 Å². The lowest BCUT2D eigenvalue weighted by Gasteiger charge is -2.36. The van der Waals surface area contributed by atoms with Gasteiger partial charge >= 0.3 is 5.97 Å². The highest BCUT2D eigenvalue weighted by Gasteiger charge is 2.30. The smallest absolute Gasteiger partial charge is 0.337 e. The van der Waals surface area contributed by atoms with Crippen LogP contribution in [0.1, 0.15) is 36.5 Å². The number of nitrogens with one attached hydrogen (secondary N) is 1. The molecule has 1 aliphatic heterocycles. The van der Waals surface area contributed by atoms with Crippen LogP contribution in [-0.2, 0) is 4.79 Å². The van der Waals surface area contributed by atoms with Gasteiger partial charge in [-0.15, -0.1) is 0 Å². The standard InChI is InChI=1S/C18H25N3O3/c1-2-7-20-8-10-21(11-9-20)14-5-6-16(15(12-14)18(23)24)19-17(22)13-3-4-13/h5-6,12-13H,2-4,7-11H2,1H3,(H,19,22)(H,23,24). The van der Waals surface area contributed by atoms with Crippen molar-refractivity contribution in [2.24, 2.45) is 5.92 Å². The van der Waals surface area contributed by atoms with E-state index in [1.807, 2.05) is 6.07 Å². The first kappa shape index (κ1) is 16.8. The van der Waals surface area contributed by atoms with Crippen molar-refractivity contribution in [3.8, 4) is 0 Å². The van der Waals surface area contributed by atoms with Crippen LogP contribution in [0, 0.1) is 5.92 Å². The van der Waals surface area contributed by atoms with Crippen LogP contribution in [0.15, 0.2) is 18.2 Å². The minimum Gasteiger partial charge on any atom is -0.478 e. The van der Waals surface area contributed by atoms with Crippen LogP contribution in [0.25, 0.3) is 0 Å². The first-order valence-electron chi connectivity index (χ1n) is 8.74. The van der Waals surface area contributed by atoms with Gasteiger partial charge in [0.15, 0.2) is 0 Å². The zero-order chi connectivity index (χ0) is 17.1. The van der Waals surface area contributed by atoms with Gasteiger partial charge in [-0.25, -0.2) is 4.79 Å². The lowest BCUT2D eigenvalue weighted by Crippen LogP contribution is -2.46. The molecule has 2 fully saturated rings. The fourth-order valence-corrected chi connectivity index (χ4v) is 3.14. The van der Waals surface area contributed by atoms with Crippen LogP contribution in [0.4, 0.5) is 11.4 Å². The number of carbonyl (C=O) groups is 2. The quantitative estimate of drug-likeness (QED) is 0.836. The highest BCUT2D eigenvalue weighted by atomic mass is 16.4. The highest BCUT2D eigenvalue weighted by molar-refractivity contribution is 6.02. The van der Waals surface area contributed by atoms with Crippen LogP contribution in [0.5, 0.6) is 0 Å². The van der Waals surface area contributed by atoms with Crippen molar-refractivity contribution < 1.29 is 14.7 Å². The Hall–Kier alpha value is -2.08. The molecule has 6 nitrogen and oxygen atoms in total. The molecule has 1 aromatic rings. The first-order valence-corrected chi connectivity index (χ1v) is 8.74. The fourth-order valence-electron chi connectivity index (χ4n) is 3.14. The largest absolute Gasteiger partial charge is 0.478 e. The molecule has 0 unspecified atom stereocenters. The Kier molecular flexibility index (Phi) is 5.04. The minimum atomic E-state index is -1.01. The predicted octanol–water partition coefficient (Wildman–Crippen LogP) is 2.27. The lowest BCUT2D eigenvalue weighted by atomic mass is 10.1. The van der Waals surface area contributed by atoms with Gasteiger partial charge < -0.3 is 15.3 Å². The van der Waals surface area contributed by atoms with E-state index >= 15 is 0 Å². The van der Waals surface area contributed by atoms with Crippen molar-refractivity contribution in [3.05, 3.63) is 23.8 Å². The summed E-state index contributed by atoms with van der Waals surface area (Å²) in [6, 6.07) is 5.31. The Morgan fingerprint density at radius 2 is 1.92 bits per heavy atom. The predicted molar refractivity (Wildman–Crippen MR) is 93.7 cm³/mol. The summed E-state index contributed by atoms with van der Waals surface area (Å²) >= 11 is 0. The molecule has 0 bridgehead atoms. The summed E-state index contributed by atoms with van der Waals surface area (Å²) in [5.74, 6) is -1.02. The third-order valence-electron chi connectivity index (χ3n) is 4.72. The number of amides is 1. The summed E-state index contributed by atoms with van der Waals surface area (Å²) in [4.78, 5) is 28.1. The van der Waals surface area contributed by atoms with E-state index in [1.54, 1.807) is 12.1 Å². The van der Waals surface area contributed by atoms with E-state index in [-0.39, 0.29) is 17.4 Å². The second-order valence-corrected chi connectivity index (χ2v) is 6.63. The summed E-state index contributed by atoms with van der Waals surface area (Å²) in [7, 11) is 0. The summed E-state index contributed by atoms with van der Waals surface area (Å²) in [6.45, 7) is 7.08. The van der Waals surface area contributed by atoms with Crippen molar-refractivity contribution >= 4 is 23.3 Å². The van der Waals surface area contributed by atoms with Crippen molar-refractivity contribution in [1.29, 1.82) is 0 Å². The Labute approximate surface area is 142 Å².